The van der Waals surface area contributed by atoms with Gasteiger partial charge in [0, 0.05) is 11.1 Å². The van der Waals surface area contributed by atoms with Crippen molar-refractivity contribution in [3.05, 3.63) is 63.6 Å². The highest BCUT2D eigenvalue weighted by atomic mass is 35.5. The monoisotopic (exact) mass is 363 g/mol. The Morgan fingerprint density at radius 3 is 2.88 bits per heavy atom. The van der Waals surface area contributed by atoms with Crippen LogP contribution in [0.3, 0.4) is 0 Å². The van der Waals surface area contributed by atoms with Gasteiger partial charge in [0.2, 0.25) is 0 Å². The Balaban J connectivity index is 1.68. The van der Waals surface area contributed by atoms with E-state index < -0.39 is 6.10 Å². The van der Waals surface area contributed by atoms with Crippen LogP contribution >= 0.6 is 23.2 Å². The molecule has 2 aromatic carbocycles. The summed E-state index contributed by atoms with van der Waals surface area (Å²) in [5, 5.41) is 4.04. The minimum atomic E-state index is -0.657. The normalized spacial score (nSPS) is 17.7. The topological polar surface area (TPSA) is 38.3 Å². The van der Waals surface area contributed by atoms with Gasteiger partial charge >= 0.3 is 0 Å². The van der Waals surface area contributed by atoms with Crippen LogP contribution in [0.4, 0.5) is 0 Å². The van der Waals surface area contributed by atoms with Crippen molar-refractivity contribution < 1.29 is 9.53 Å². The molecule has 0 heterocycles. The molecule has 0 fully saturated rings. The molecule has 1 aliphatic rings. The number of nitrogens with one attached hydrogen (secondary N) is 1. The Hall–Kier alpha value is -1.71. The largest absolute Gasteiger partial charge is 0.479 e. The van der Waals surface area contributed by atoms with E-state index in [-0.39, 0.29) is 11.9 Å². The second kappa shape index (κ2) is 7.45. The first-order valence-electron chi connectivity index (χ1n) is 8.04. The SMILES string of the molecule is C[C@H](Oc1cc(Cl)ccc1Cl)C(=O)N[C@@H]1CCCc2ccccc21. The van der Waals surface area contributed by atoms with Crippen molar-refractivity contribution in [2.45, 2.75) is 38.3 Å². The number of carbonyl (C=O) groups excluding carboxylic acids is 1. The molecule has 0 spiro atoms. The number of benzene rings is 2. The Morgan fingerprint density at radius 2 is 2.04 bits per heavy atom. The van der Waals surface area contributed by atoms with Crippen molar-refractivity contribution in [3.8, 4) is 5.75 Å². The lowest BCUT2D eigenvalue weighted by molar-refractivity contribution is -0.128. The molecule has 1 amide bonds. The summed E-state index contributed by atoms with van der Waals surface area (Å²) in [4.78, 5) is 12.5. The molecule has 0 unspecified atom stereocenters. The zero-order valence-corrected chi connectivity index (χ0v) is 14.9. The fraction of sp³-hybridized carbons (Fsp3) is 0.316. The number of aryl methyl sites for hydroxylation is 1. The number of hydrogen-bond acceptors (Lipinski definition) is 2. The van der Waals surface area contributed by atoms with Crippen LogP contribution in [0.5, 0.6) is 5.75 Å². The Morgan fingerprint density at radius 1 is 1.25 bits per heavy atom. The van der Waals surface area contributed by atoms with E-state index in [0.717, 1.165) is 19.3 Å². The maximum atomic E-state index is 12.5. The van der Waals surface area contributed by atoms with E-state index in [1.807, 2.05) is 12.1 Å². The predicted molar refractivity (Wildman–Crippen MR) is 96.8 cm³/mol. The van der Waals surface area contributed by atoms with Gasteiger partial charge in [0.15, 0.2) is 6.10 Å². The molecule has 0 aliphatic heterocycles. The Labute approximate surface area is 151 Å². The molecule has 0 saturated carbocycles. The molecule has 0 radical (unpaired) electrons. The van der Waals surface area contributed by atoms with E-state index in [2.05, 4.69) is 17.4 Å². The average Bonchev–Trinajstić information content (AvgIpc) is 2.58. The summed E-state index contributed by atoms with van der Waals surface area (Å²) in [5.41, 5.74) is 2.51. The van der Waals surface area contributed by atoms with E-state index in [1.54, 1.807) is 25.1 Å². The van der Waals surface area contributed by atoms with Crippen molar-refractivity contribution in [3.63, 3.8) is 0 Å². The Kier molecular flexibility index (Phi) is 5.32. The summed E-state index contributed by atoms with van der Waals surface area (Å²) in [5.74, 6) is 0.253. The number of fused-ring (bicyclic) bond motifs is 1. The summed E-state index contributed by atoms with van der Waals surface area (Å²) >= 11 is 12.0. The summed E-state index contributed by atoms with van der Waals surface area (Å²) in [7, 11) is 0. The van der Waals surface area contributed by atoms with Crippen LogP contribution in [-0.2, 0) is 11.2 Å². The van der Waals surface area contributed by atoms with Gasteiger partial charge in [0.1, 0.15) is 5.75 Å². The molecule has 1 aliphatic carbocycles. The van der Waals surface area contributed by atoms with Gasteiger partial charge < -0.3 is 10.1 Å². The third kappa shape index (κ3) is 3.85. The number of rotatable bonds is 4. The molecule has 3 nitrogen and oxygen atoms in total. The van der Waals surface area contributed by atoms with Gasteiger partial charge in [-0.15, -0.1) is 0 Å². The minimum absolute atomic E-state index is 0.0309. The van der Waals surface area contributed by atoms with Gasteiger partial charge in [-0.3, -0.25) is 4.79 Å². The van der Waals surface area contributed by atoms with Crippen molar-refractivity contribution in [2.24, 2.45) is 0 Å². The van der Waals surface area contributed by atoms with Gasteiger partial charge in [-0.2, -0.15) is 0 Å². The summed E-state index contributed by atoms with van der Waals surface area (Å²) in [6, 6.07) is 13.2. The molecule has 5 heteroatoms. The van der Waals surface area contributed by atoms with Crippen molar-refractivity contribution in [2.75, 3.05) is 0 Å². The van der Waals surface area contributed by atoms with Crippen molar-refractivity contribution in [1.82, 2.24) is 5.32 Å². The third-order valence-electron chi connectivity index (χ3n) is 4.25. The van der Waals surface area contributed by atoms with Crippen LogP contribution in [0, 0.1) is 0 Å². The quantitative estimate of drug-likeness (QED) is 0.833. The molecule has 3 rings (SSSR count). The molecule has 0 aromatic heterocycles. The molecular formula is C19H19Cl2NO2. The molecule has 1 N–H and O–H groups in total. The number of halogens is 2. The van der Waals surface area contributed by atoms with Crippen LogP contribution in [0.25, 0.3) is 0 Å². The lowest BCUT2D eigenvalue weighted by Gasteiger charge is -2.27. The molecule has 2 atom stereocenters. The van der Waals surface area contributed by atoms with Gasteiger partial charge in [0.05, 0.1) is 11.1 Å². The van der Waals surface area contributed by atoms with Gasteiger partial charge in [-0.25, -0.2) is 0 Å². The second-order valence-corrected chi connectivity index (χ2v) is 6.83. The van der Waals surface area contributed by atoms with E-state index >= 15 is 0 Å². The molecule has 2 aromatic rings. The predicted octanol–water partition coefficient (Wildman–Crippen LogP) is 4.95. The minimum Gasteiger partial charge on any atom is -0.479 e. The third-order valence-corrected chi connectivity index (χ3v) is 4.80. The lowest BCUT2D eigenvalue weighted by atomic mass is 9.87. The van der Waals surface area contributed by atoms with Gasteiger partial charge in [0.25, 0.3) is 5.91 Å². The smallest absolute Gasteiger partial charge is 0.261 e. The fourth-order valence-corrected chi connectivity index (χ4v) is 3.33. The zero-order chi connectivity index (χ0) is 17.1. The van der Waals surface area contributed by atoms with Crippen LogP contribution in [0.2, 0.25) is 10.0 Å². The summed E-state index contributed by atoms with van der Waals surface area (Å²) < 4.78 is 5.69. The number of amides is 1. The zero-order valence-electron chi connectivity index (χ0n) is 13.4. The Bertz CT molecular complexity index is 748. The van der Waals surface area contributed by atoms with Crippen molar-refractivity contribution >= 4 is 29.1 Å². The van der Waals surface area contributed by atoms with E-state index in [1.165, 1.54) is 11.1 Å². The van der Waals surface area contributed by atoms with E-state index in [4.69, 9.17) is 27.9 Å². The lowest BCUT2D eigenvalue weighted by Crippen LogP contribution is -2.39. The molecular weight excluding hydrogens is 345 g/mol. The maximum absolute atomic E-state index is 12.5. The van der Waals surface area contributed by atoms with E-state index in [0.29, 0.717) is 15.8 Å². The average molecular weight is 364 g/mol. The summed E-state index contributed by atoms with van der Waals surface area (Å²) in [6.07, 6.45) is 2.41. The van der Waals surface area contributed by atoms with Gasteiger partial charge in [-0.05, 0) is 49.4 Å². The van der Waals surface area contributed by atoms with Crippen LogP contribution < -0.4 is 10.1 Å². The first-order chi connectivity index (χ1) is 11.5. The number of carbonyl (C=O) groups is 1. The van der Waals surface area contributed by atoms with Crippen LogP contribution in [-0.4, -0.2) is 12.0 Å². The second-order valence-electron chi connectivity index (χ2n) is 5.99. The van der Waals surface area contributed by atoms with Crippen LogP contribution in [0.1, 0.15) is 36.9 Å². The maximum Gasteiger partial charge on any atom is 0.261 e. The molecule has 126 valence electrons. The first kappa shape index (κ1) is 17.1. The first-order valence-corrected chi connectivity index (χ1v) is 8.80. The highest BCUT2D eigenvalue weighted by molar-refractivity contribution is 6.34. The number of ether oxygens (including phenoxy) is 1. The molecule has 0 saturated heterocycles. The fourth-order valence-electron chi connectivity index (χ4n) is 3.00. The van der Waals surface area contributed by atoms with Crippen molar-refractivity contribution in [1.29, 1.82) is 0 Å². The molecule has 0 bridgehead atoms. The highest BCUT2D eigenvalue weighted by Crippen LogP contribution is 2.31. The van der Waals surface area contributed by atoms with Crippen LogP contribution in [0.15, 0.2) is 42.5 Å². The van der Waals surface area contributed by atoms with E-state index in [9.17, 15) is 4.79 Å². The number of hydrogen-bond donors (Lipinski definition) is 1. The standard InChI is InChI=1S/C19H19Cl2NO2/c1-12(24-18-11-14(20)9-10-16(18)21)19(23)22-17-8-4-6-13-5-2-3-7-15(13)17/h2-3,5,7,9-12,17H,4,6,8H2,1H3,(H,22,23)/t12-,17+/m0/s1. The molecule has 24 heavy (non-hydrogen) atoms. The summed E-state index contributed by atoms with van der Waals surface area (Å²) in [6.45, 7) is 1.71. The highest BCUT2D eigenvalue weighted by Gasteiger charge is 2.24. The van der Waals surface area contributed by atoms with Gasteiger partial charge in [-0.1, -0.05) is 47.5 Å².